The largest absolute Gasteiger partial charge is 0.119 e. The molecule has 1 saturated heterocycles. The normalized spacial score (nSPS) is 16.9. The lowest BCUT2D eigenvalue weighted by Gasteiger charge is -2.24. The third-order valence-corrected chi connectivity index (χ3v) is 14.8. The fourth-order valence-corrected chi connectivity index (χ4v) is 13.1. The highest BCUT2D eigenvalue weighted by Gasteiger charge is 2.47. The van der Waals surface area contributed by atoms with Crippen molar-refractivity contribution in [2.75, 3.05) is 0 Å². The van der Waals surface area contributed by atoms with Crippen LogP contribution in [0.4, 0.5) is 0 Å². The highest BCUT2D eigenvalue weighted by molar-refractivity contribution is 7.06. The Hall–Kier alpha value is -3.94. The number of hydrogen-bond donors (Lipinski definition) is 0. The molecule has 188 valence electrons. The zero-order valence-corrected chi connectivity index (χ0v) is 23.3. The molecule has 1 spiro atoms. The van der Waals surface area contributed by atoms with Crippen molar-refractivity contribution >= 4 is 34.8 Å². The summed E-state index contributed by atoms with van der Waals surface area (Å²) in [4.78, 5) is 0. The van der Waals surface area contributed by atoms with E-state index in [1.165, 1.54) is 80.2 Å². The van der Waals surface area contributed by atoms with Gasteiger partial charge in [0.25, 0.3) is 0 Å². The average Bonchev–Trinajstić information content (AvgIpc) is 3.61. The van der Waals surface area contributed by atoms with E-state index in [9.17, 15) is 0 Å². The molecule has 0 unspecified atom stereocenters. The van der Waals surface area contributed by atoms with E-state index in [0.29, 0.717) is 0 Å². The topological polar surface area (TPSA) is 0 Å². The summed E-state index contributed by atoms with van der Waals surface area (Å²) in [7, 11) is -1.67. The Morgan fingerprint density at radius 3 is 1.82 bits per heavy atom. The van der Waals surface area contributed by atoms with Crippen molar-refractivity contribution in [1.82, 2.24) is 0 Å². The third-order valence-electron chi connectivity index (χ3n) is 9.43. The molecule has 0 atom stereocenters. The van der Waals surface area contributed by atoms with E-state index in [0.717, 1.165) is 12.8 Å². The third kappa shape index (κ3) is 3.64. The quantitative estimate of drug-likeness (QED) is 0.210. The number of fused-ring (bicyclic) bond motifs is 6. The van der Waals surface area contributed by atoms with Gasteiger partial charge < -0.3 is 0 Å². The predicted octanol–water partition coefficient (Wildman–Crippen LogP) is 9.24. The van der Waals surface area contributed by atoms with E-state index >= 15 is 0 Å². The molecule has 5 aromatic rings. The Balaban J connectivity index is 1.35. The van der Waals surface area contributed by atoms with E-state index < -0.39 is 8.07 Å². The molecule has 2 aliphatic heterocycles. The first-order chi connectivity index (χ1) is 19.3. The molecule has 1 aliphatic carbocycles. The van der Waals surface area contributed by atoms with Gasteiger partial charge in [0, 0.05) is 0 Å². The minimum absolute atomic E-state index is 1.12. The van der Waals surface area contributed by atoms with Crippen LogP contribution in [0.2, 0.25) is 12.1 Å². The van der Waals surface area contributed by atoms with Gasteiger partial charge in [-0.15, -0.1) is 0 Å². The Labute approximate surface area is 232 Å². The van der Waals surface area contributed by atoms with Crippen LogP contribution < -0.4 is 10.4 Å². The van der Waals surface area contributed by atoms with Gasteiger partial charge in [0.15, 0.2) is 0 Å². The monoisotopic (exact) mass is 516 g/mol. The van der Waals surface area contributed by atoms with E-state index in [-0.39, 0.29) is 0 Å². The second kappa shape index (κ2) is 9.07. The zero-order valence-electron chi connectivity index (χ0n) is 22.3. The molecule has 3 aliphatic rings. The van der Waals surface area contributed by atoms with Crippen molar-refractivity contribution in [3.8, 4) is 33.4 Å². The summed E-state index contributed by atoms with van der Waals surface area (Å²) in [5.41, 5.74) is 11.0. The molecule has 1 fully saturated rings. The summed E-state index contributed by atoms with van der Waals surface area (Å²) in [6, 6.07) is 42.2. The van der Waals surface area contributed by atoms with Crippen LogP contribution >= 0.6 is 0 Å². The number of rotatable bonds is 3. The van der Waals surface area contributed by atoms with Gasteiger partial charge in [-0.3, -0.25) is 0 Å². The fraction of sp³-hybridized carbons (Fsp3) is 0.158. The Morgan fingerprint density at radius 1 is 0.487 bits per heavy atom. The molecular formula is C38H32Si. The summed E-state index contributed by atoms with van der Waals surface area (Å²) in [5, 5.41) is 5.99. The second-order valence-electron chi connectivity index (χ2n) is 11.6. The van der Waals surface area contributed by atoms with Crippen LogP contribution in [-0.4, -0.2) is 8.07 Å². The van der Waals surface area contributed by atoms with Crippen molar-refractivity contribution in [3.05, 3.63) is 127 Å². The minimum atomic E-state index is -1.67. The first-order valence-electron chi connectivity index (χ1n) is 14.6. The highest BCUT2D eigenvalue weighted by atomic mass is 28.3. The van der Waals surface area contributed by atoms with Crippen LogP contribution in [-0.2, 0) is 0 Å². The Morgan fingerprint density at radius 2 is 1.13 bits per heavy atom. The van der Waals surface area contributed by atoms with Crippen LogP contribution in [0.1, 0.15) is 31.2 Å². The maximum Gasteiger partial charge on any atom is 0.119 e. The molecule has 0 amide bonds. The van der Waals surface area contributed by atoms with E-state index in [1.54, 1.807) is 10.4 Å². The van der Waals surface area contributed by atoms with E-state index in [1.807, 2.05) is 0 Å². The van der Waals surface area contributed by atoms with Crippen LogP contribution in [0, 0.1) is 0 Å². The lowest BCUT2D eigenvalue weighted by atomic mass is 9.88. The van der Waals surface area contributed by atoms with Gasteiger partial charge in [-0.2, -0.15) is 0 Å². The standard InChI is InChI=1S/C38H32Si/c1-3-11-27(12-4-1)31-17-19-37-35(25-31)36-26-32(18-20-38(36)39(37)21-9-10-22-39)34-24-30-16-8-7-15-29(30)23-33(34)28-13-5-2-6-14-28/h1,3-5,7-8,11-20,23-26H,2,6,9-10,21-22H2. The van der Waals surface area contributed by atoms with Gasteiger partial charge in [-0.05, 0) is 115 Å². The lowest BCUT2D eigenvalue weighted by Crippen LogP contribution is -2.52. The van der Waals surface area contributed by atoms with Crippen molar-refractivity contribution in [3.63, 3.8) is 0 Å². The summed E-state index contributed by atoms with van der Waals surface area (Å²) in [5.74, 6) is 0. The molecule has 0 nitrogen and oxygen atoms in total. The van der Waals surface area contributed by atoms with Gasteiger partial charge >= 0.3 is 0 Å². The number of allylic oxidation sites excluding steroid dienone is 4. The molecule has 8 rings (SSSR count). The van der Waals surface area contributed by atoms with Crippen LogP contribution in [0.3, 0.4) is 0 Å². The molecule has 0 saturated carbocycles. The summed E-state index contributed by atoms with van der Waals surface area (Å²) < 4.78 is 0. The summed E-state index contributed by atoms with van der Waals surface area (Å²) in [6.07, 6.45) is 12.1. The van der Waals surface area contributed by atoms with Crippen molar-refractivity contribution in [2.45, 2.75) is 37.8 Å². The van der Waals surface area contributed by atoms with E-state index in [4.69, 9.17) is 0 Å². The highest BCUT2D eigenvalue weighted by Crippen LogP contribution is 2.43. The van der Waals surface area contributed by atoms with Gasteiger partial charge in [-0.25, -0.2) is 0 Å². The van der Waals surface area contributed by atoms with Crippen molar-refractivity contribution < 1.29 is 0 Å². The average molecular weight is 517 g/mol. The molecule has 2 heterocycles. The van der Waals surface area contributed by atoms with Crippen LogP contribution in [0.15, 0.2) is 121 Å². The molecule has 1 heteroatoms. The van der Waals surface area contributed by atoms with E-state index in [2.05, 4.69) is 121 Å². The summed E-state index contributed by atoms with van der Waals surface area (Å²) in [6.45, 7) is 0. The molecule has 0 aromatic heterocycles. The summed E-state index contributed by atoms with van der Waals surface area (Å²) >= 11 is 0. The SMILES string of the molecule is C1=CC(c2cc3ccccc3cc2-c2ccc3c(c2)-c2cc(-c4ccccc4)ccc2[Si]32CCCC2)=CCC1. The first kappa shape index (κ1) is 23.0. The molecule has 0 radical (unpaired) electrons. The molecule has 0 N–H and O–H groups in total. The Bertz CT molecular complexity index is 1800. The predicted molar refractivity (Wildman–Crippen MR) is 170 cm³/mol. The van der Waals surface area contributed by atoms with Crippen LogP contribution in [0.25, 0.3) is 49.7 Å². The second-order valence-corrected chi connectivity index (χ2v) is 15.8. The maximum absolute atomic E-state index is 2.55. The first-order valence-corrected chi connectivity index (χ1v) is 17.0. The van der Waals surface area contributed by atoms with Gasteiger partial charge in [0.05, 0.1) is 0 Å². The van der Waals surface area contributed by atoms with Crippen molar-refractivity contribution in [1.29, 1.82) is 0 Å². The number of hydrogen-bond acceptors (Lipinski definition) is 0. The minimum Gasteiger partial charge on any atom is -0.0836 e. The lowest BCUT2D eigenvalue weighted by molar-refractivity contribution is 0.935. The zero-order chi connectivity index (χ0) is 25.8. The van der Waals surface area contributed by atoms with Gasteiger partial charge in [0.2, 0.25) is 0 Å². The number of benzene rings is 5. The Kier molecular flexibility index (Phi) is 5.35. The van der Waals surface area contributed by atoms with Crippen molar-refractivity contribution in [2.24, 2.45) is 0 Å². The molecule has 39 heavy (non-hydrogen) atoms. The smallest absolute Gasteiger partial charge is 0.0836 e. The molecular weight excluding hydrogens is 485 g/mol. The fourth-order valence-electron chi connectivity index (χ4n) is 7.54. The van der Waals surface area contributed by atoms with Gasteiger partial charge in [0.1, 0.15) is 8.07 Å². The maximum atomic E-state index is 2.55. The molecule has 5 aromatic carbocycles. The van der Waals surface area contributed by atoms with Crippen LogP contribution in [0.5, 0.6) is 0 Å². The van der Waals surface area contributed by atoms with Gasteiger partial charge in [-0.1, -0.05) is 110 Å². The molecule has 0 bridgehead atoms.